The van der Waals surface area contributed by atoms with Crippen molar-refractivity contribution in [2.75, 3.05) is 23.7 Å². The number of rotatable bonds is 6. The number of β-amino-alcohol motifs (C(OH)–C–C–N with tert-alkyl or cyclic N) is 1. The molecule has 2 aromatic heterocycles. The fourth-order valence-corrected chi connectivity index (χ4v) is 3.49. The number of aromatic nitrogens is 4. The molecule has 1 saturated heterocycles. The highest BCUT2D eigenvalue weighted by molar-refractivity contribution is 6.02. The van der Waals surface area contributed by atoms with Gasteiger partial charge in [-0.3, -0.25) is 10.1 Å². The van der Waals surface area contributed by atoms with Crippen LogP contribution in [0.5, 0.6) is 11.5 Å². The third kappa shape index (κ3) is 5.39. The van der Waals surface area contributed by atoms with Crippen LogP contribution in [0.25, 0.3) is 5.69 Å². The second-order valence-electron chi connectivity index (χ2n) is 8.21. The van der Waals surface area contributed by atoms with Crippen LogP contribution in [0, 0.1) is 17.5 Å². The van der Waals surface area contributed by atoms with Crippen molar-refractivity contribution in [2.45, 2.75) is 6.10 Å². The maximum Gasteiger partial charge on any atom is 0.323 e. The summed E-state index contributed by atoms with van der Waals surface area (Å²) in [6.07, 6.45) is 1.97. The van der Waals surface area contributed by atoms with Crippen LogP contribution in [0.3, 0.4) is 0 Å². The average molecular weight is 525 g/mol. The van der Waals surface area contributed by atoms with E-state index in [1.165, 1.54) is 35.4 Å². The molecule has 3 amide bonds. The van der Waals surface area contributed by atoms with Gasteiger partial charge in [0.25, 0.3) is 5.91 Å². The fourth-order valence-electron chi connectivity index (χ4n) is 3.49. The van der Waals surface area contributed by atoms with E-state index >= 15 is 0 Å². The number of anilines is 2. The summed E-state index contributed by atoms with van der Waals surface area (Å²) in [6.45, 7) is 0.447. The number of nitrogens with one attached hydrogen (secondary N) is 2. The molecule has 194 valence electrons. The maximum atomic E-state index is 14.7. The monoisotopic (exact) mass is 525 g/mol. The van der Waals surface area contributed by atoms with E-state index in [1.807, 2.05) is 0 Å². The molecule has 0 unspecified atom stereocenters. The van der Waals surface area contributed by atoms with Gasteiger partial charge in [-0.05, 0) is 30.3 Å². The van der Waals surface area contributed by atoms with E-state index in [9.17, 15) is 27.9 Å². The minimum absolute atomic E-state index is 0.0850. The molecule has 14 heteroatoms. The van der Waals surface area contributed by atoms with Crippen LogP contribution in [0.4, 0.5) is 29.5 Å². The zero-order valence-electron chi connectivity index (χ0n) is 19.3. The van der Waals surface area contributed by atoms with Gasteiger partial charge in [0.05, 0.1) is 25.4 Å². The van der Waals surface area contributed by atoms with Gasteiger partial charge in [-0.15, -0.1) is 5.10 Å². The molecular weight excluding hydrogens is 507 g/mol. The molecular formula is C24H18F3N7O4. The Kier molecular flexibility index (Phi) is 6.62. The molecule has 0 atom stereocenters. The summed E-state index contributed by atoms with van der Waals surface area (Å²) >= 11 is 0. The molecule has 0 radical (unpaired) electrons. The Morgan fingerprint density at radius 2 is 1.82 bits per heavy atom. The minimum Gasteiger partial charge on any atom is -0.454 e. The van der Waals surface area contributed by atoms with Gasteiger partial charge in [0, 0.05) is 30.1 Å². The summed E-state index contributed by atoms with van der Waals surface area (Å²) in [5.74, 6) is -2.98. The molecule has 4 aromatic rings. The summed E-state index contributed by atoms with van der Waals surface area (Å²) in [7, 11) is 0. The first-order valence-corrected chi connectivity index (χ1v) is 11.1. The van der Waals surface area contributed by atoms with Crippen molar-refractivity contribution in [3.63, 3.8) is 0 Å². The van der Waals surface area contributed by atoms with Gasteiger partial charge in [-0.1, -0.05) is 5.21 Å². The third-order valence-electron chi connectivity index (χ3n) is 5.42. The molecule has 0 spiro atoms. The molecule has 1 aliphatic rings. The lowest BCUT2D eigenvalue weighted by atomic mass is 10.2. The molecule has 11 nitrogen and oxygen atoms in total. The van der Waals surface area contributed by atoms with Crippen LogP contribution in [-0.2, 0) is 0 Å². The Labute approximate surface area is 212 Å². The molecule has 1 fully saturated rings. The van der Waals surface area contributed by atoms with Crippen molar-refractivity contribution in [2.24, 2.45) is 0 Å². The van der Waals surface area contributed by atoms with Gasteiger partial charge in [0.1, 0.15) is 23.1 Å². The van der Waals surface area contributed by atoms with Crippen LogP contribution in [-0.4, -0.2) is 61.1 Å². The largest absolute Gasteiger partial charge is 0.454 e. The van der Waals surface area contributed by atoms with E-state index in [0.29, 0.717) is 6.07 Å². The van der Waals surface area contributed by atoms with E-state index in [2.05, 4.69) is 25.9 Å². The molecule has 1 aliphatic heterocycles. The number of urea groups is 1. The summed E-state index contributed by atoms with van der Waals surface area (Å²) in [4.78, 5) is 30.0. The zero-order valence-corrected chi connectivity index (χ0v) is 19.3. The van der Waals surface area contributed by atoms with Crippen LogP contribution < -0.4 is 15.4 Å². The fraction of sp³-hybridized carbons (Fsp3) is 0.125. The molecule has 3 heterocycles. The molecule has 0 saturated carbocycles. The highest BCUT2D eigenvalue weighted by Gasteiger charge is 2.29. The summed E-state index contributed by atoms with van der Waals surface area (Å²) < 4.78 is 48.3. The van der Waals surface area contributed by atoms with Crippen molar-refractivity contribution in [3.8, 4) is 17.2 Å². The number of nitrogens with zero attached hydrogens (tertiary/aromatic N) is 5. The van der Waals surface area contributed by atoms with Gasteiger partial charge < -0.3 is 20.1 Å². The number of ether oxygens (including phenoxy) is 1. The number of hydrogen-bond donors (Lipinski definition) is 3. The second-order valence-corrected chi connectivity index (χ2v) is 8.21. The second kappa shape index (κ2) is 10.2. The zero-order chi connectivity index (χ0) is 26.8. The highest BCUT2D eigenvalue weighted by Crippen LogP contribution is 2.28. The lowest BCUT2D eigenvalue weighted by Crippen LogP contribution is -2.54. The number of pyridine rings is 1. The topological polar surface area (TPSA) is 134 Å². The Balaban J connectivity index is 1.22. The highest BCUT2D eigenvalue weighted by atomic mass is 19.1. The SMILES string of the molecule is O=C(Nc1ccc(Oc2ccnc(NC(=O)N3CC(O)C3)c2)c(F)c1)c1cn(-c2ccc(F)cc2F)nn1. The van der Waals surface area contributed by atoms with Crippen LogP contribution >= 0.6 is 0 Å². The van der Waals surface area contributed by atoms with Crippen LogP contribution in [0.1, 0.15) is 10.5 Å². The third-order valence-corrected chi connectivity index (χ3v) is 5.42. The molecule has 5 rings (SSSR count). The summed E-state index contributed by atoms with van der Waals surface area (Å²) in [5, 5.41) is 21.7. The van der Waals surface area contributed by atoms with Crippen LogP contribution in [0.2, 0.25) is 0 Å². The maximum absolute atomic E-state index is 14.7. The number of hydrogen-bond acceptors (Lipinski definition) is 7. The van der Waals surface area contributed by atoms with Gasteiger partial charge in [0.2, 0.25) is 0 Å². The quantitative estimate of drug-likeness (QED) is 0.352. The first-order chi connectivity index (χ1) is 18.2. The number of carbonyl (C=O) groups excluding carboxylic acids is 2. The lowest BCUT2D eigenvalue weighted by molar-refractivity contribution is 0.0308. The standard InChI is InChI=1S/C24H18F3N7O4/c25-13-1-3-20(17(26)7-13)34-12-19(31-32-34)23(36)29-14-2-4-21(18(27)8-14)38-16-5-6-28-22(9-16)30-24(37)33-10-15(35)11-33/h1-9,12,15,35H,10-11H2,(H,29,36)(H,28,30,37). The summed E-state index contributed by atoms with van der Waals surface area (Å²) in [5.41, 5.74) is -0.209. The number of aliphatic hydroxyl groups excluding tert-OH is 1. The Hall–Kier alpha value is -4.98. The van der Waals surface area contributed by atoms with Crippen molar-refractivity contribution in [3.05, 3.63) is 84.1 Å². The van der Waals surface area contributed by atoms with E-state index < -0.39 is 35.5 Å². The molecule has 0 aliphatic carbocycles. The van der Waals surface area contributed by atoms with Crippen LogP contribution in [0.15, 0.2) is 60.9 Å². The number of likely N-dealkylation sites (tertiary alicyclic amines) is 1. The Morgan fingerprint density at radius 1 is 1.00 bits per heavy atom. The first kappa shape index (κ1) is 24.7. The van der Waals surface area contributed by atoms with Crippen molar-refractivity contribution >= 4 is 23.4 Å². The number of halogens is 3. The predicted molar refractivity (Wildman–Crippen MR) is 127 cm³/mol. The van der Waals surface area contributed by atoms with E-state index in [0.717, 1.165) is 29.1 Å². The molecule has 0 bridgehead atoms. The normalized spacial score (nSPS) is 13.1. The van der Waals surface area contributed by atoms with E-state index in [4.69, 9.17) is 4.74 Å². The van der Waals surface area contributed by atoms with Crippen molar-refractivity contribution in [1.29, 1.82) is 0 Å². The molecule has 3 N–H and O–H groups in total. The first-order valence-electron chi connectivity index (χ1n) is 11.1. The number of amides is 3. The van der Waals surface area contributed by atoms with Gasteiger partial charge >= 0.3 is 6.03 Å². The average Bonchev–Trinajstić information content (AvgIpc) is 3.34. The molecule has 2 aromatic carbocycles. The Morgan fingerprint density at radius 3 is 2.55 bits per heavy atom. The van der Waals surface area contributed by atoms with E-state index in [1.54, 1.807) is 0 Å². The van der Waals surface area contributed by atoms with Crippen molar-refractivity contribution in [1.82, 2.24) is 24.9 Å². The number of benzene rings is 2. The molecule has 38 heavy (non-hydrogen) atoms. The number of carbonyl (C=O) groups is 2. The smallest absolute Gasteiger partial charge is 0.323 e. The summed E-state index contributed by atoms with van der Waals surface area (Å²) in [6, 6.07) is 8.98. The lowest BCUT2D eigenvalue weighted by Gasteiger charge is -2.35. The predicted octanol–water partition coefficient (Wildman–Crippen LogP) is 3.33. The Bertz CT molecular complexity index is 1520. The van der Waals surface area contributed by atoms with Gasteiger partial charge in [-0.2, -0.15) is 0 Å². The number of aliphatic hydroxyl groups is 1. The van der Waals surface area contributed by atoms with Gasteiger partial charge in [0.15, 0.2) is 23.1 Å². The van der Waals surface area contributed by atoms with E-state index in [-0.39, 0.29) is 47.5 Å². The van der Waals surface area contributed by atoms with Crippen molar-refractivity contribution < 1.29 is 32.6 Å². The van der Waals surface area contributed by atoms with Gasteiger partial charge in [-0.25, -0.2) is 27.6 Å². The minimum atomic E-state index is -0.890.